The van der Waals surface area contributed by atoms with Crippen molar-refractivity contribution in [1.29, 1.82) is 0 Å². The van der Waals surface area contributed by atoms with Crippen molar-refractivity contribution in [3.8, 4) is 5.75 Å². The predicted molar refractivity (Wildman–Crippen MR) is 129 cm³/mol. The molecule has 0 heterocycles. The molecule has 0 aliphatic rings. The molecule has 0 saturated heterocycles. The number of amides is 4. The number of aliphatic carboxylic acids is 2. The number of nitrogens with one attached hydrogen (secondary N) is 3. The van der Waals surface area contributed by atoms with Gasteiger partial charge in [-0.15, -0.1) is 0 Å². The summed E-state index contributed by atoms with van der Waals surface area (Å²) in [5, 5.41) is 35.0. The molecule has 1 aromatic rings. The van der Waals surface area contributed by atoms with Gasteiger partial charge in [0.15, 0.2) is 0 Å². The number of benzene rings is 1. The fraction of sp³-hybridized carbons (Fsp3) is 0.478. The van der Waals surface area contributed by atoms with Crippen molar-refractivity contribution in [3.63, 3.8) is 0 Å². The minimum Gasteiger partial charge on any atom is -0.508 e. The summed E-state index contributed by atoms with van der Waals surface area (Å²) in [4.78, 5) is 72.0. The zero-order valence-electron chi connectivity index (χ0n) is 20.5. The van der Waals surface area contributed by atoms with Gasteiger partial charge in [0.25, 0.3) is 0 Å². The van der Waals surface area contributed by atoms with E-state index in [0.29, 0.717) is 5.56 Å². The number of carboxylic acids is 2. The number of aromatic hydroxyl groups is 1. The second-order valence-corrected chi connectivity index (χ2v) is 8.77. The normalized spacial score (nSPS) is 14.1. The number of primary amides is 1. The Bertz CT molecular complexity index is 997. The van der Waals surface area contributed by atoms with E-state index in [1.807, 2.05) is 0 Å². The average molecular weight is 524 g/mol. The number of phenols is 1. The van der Waals surface area contributed by atoms with Crippen LogP contribution in [0.4, 0.5) is 0 Å². The van der Waals surface area contributed by atoms with Crippen LogP contribution in [0.25, 0.3) is 0 Å². The fourth-order valence-corrected chi connectivity index (χ4v) is 3.21. The van der Waals surface area contributed by atoms with Gasteiger partial charge in [0.2, 0.25) is 23.6 Å². The summed E-state index contributed by atoms with van der Waals surface area (Å²) >= 11 is 0. The van der Waals surface area contributed by atoms with Gasteiger partial charge in [0, 0.05) is 12.8 Å². The minimum absolute atomic E-state index is 0.0375. The van der Waals surface area contributed by atoms with E-state index < -0.39 is 72.1 Å². The molecule has 14 heteroatoms. The van der Waals surface area contributed by atoms with Gasteiger partial charge >= 0.3 is 11.9 Å². The van der Waals surface area contributed by atoms with Crippen LogP contribution in [-0.2, 0) is 35.2 Å². The number of carboxylic acid groups (broad SMARTS) is 2. The molecule has 1 rings (SSSR count). The number of nitrogens with two attached hydrogens (primary N) is 2. The molecule has 0 spiro atoms. The second kappa shape index (κ2) is 14.4. The van der Waals surface area contributed by atoms with E-state index in [4.69, 9.17) is 11.5 Å². The summed E-state index contributed by atoms with van der Waals surface area (Å²) in [6, 6.07) is 0.102. The number of phenolic OH excluding ortho intramolecular Hbond substituents is 1. The molecule has 0 radical (unpaired) electrons. The van der Waals surface area contributed by atoms with Gasteiger partial charge in [-0.25, -0.2) is 4.79 Å². The first-order valence-electron chi connectivity index (χ1n) is 11.4. The van der Waals surface area contributed by atoms with Crippen molar-refractivity contribution in [3.05, 3.63) is 29.8 Å². The molecule has 14 nitrogen and oxygen atoms in total. The molecule has 0 aliphatic heterocycles. The Morgan fingerprint density at radius 2 is 1.43 bits per heavy atom. The smallest absolute Gasteiger partial charge is 0.326 e. The lowest BCUT2D eigenvalue weighted by molar-refractivity contribution is -0.143. The molecule has 0 fully saturated rings. The lowest BCUT2D eigenvalue weighted by atomic mass is 10.0. The van der Waals surface area contributed by atoms with Crippen molar-refractivity contribution in [2.24, 2.45) is 17.4 Å². The Balaban J connectivity index is 2.97. The third-order valence-corrected chi connectivity index (χ3v) is 5.29. The Kier molecular flexibility index (Phi) is 12.0. The standard InChI is InChI=1S/C23H33N5O9/c1-11(2)19(28-20(33)14(24)7-8-17(25)30)22(35)26-15(10-18(31)32)21(34)27-16(23(36)37)9-12-3-5-13(29)6-4-12/h3-6,11,14-16,19,29H,7-10,24H2,1-2H3,(H2,25,30)(H,26,35)(H,27,34)(H,28,33)(H,31,32)(H,36,37). The molecule has 0 saturated carbocycles. The van der Waals surface area contributed by atoms with E-state index in [2.05, 4.69) is 16.0 Å². The van der Waals surface area contributed by atoms with Crippen LogP contribution >= 0.6 is 0 Å². The quantitative estimate of drug-likeness (QED) is 0.128. The molecule has 37 heavy (non-hydrogen) atoms. The first-order valence-corrected chi connectivity index (χ1v) is 11.4. The van der Waals surface area contributed by atoms with Crippen molar-refractivity contribution in [2.45, 2.75) is 63.7 Å². The van der Waals surface area contributed by atoms with E-state index in [9.17, 15) is 44.1 Å². The zero-order chi connectivity index (χ0) is 28.3. The first kappa shape index (κ1) is 30.8. The molecular weight excluding hydrogens is 490 g/mol. The summed E-state index contributed by atoms with van der Waals surface area (Å²) < 4.78 is 0. The third kappa shape index (κ3) is 10.9. The van der Waals surface area contributed by atoms with Crippen molar-refractivity contribution in [1.82, 2.24) is 16.0 Å². The number of carbonyl (C=O) groups is 6. The first-order chi connectivity index (χ1) is 17.2. The second-order valence-electron chi connectivity index (χ2n) is 8.77. The van der Waals surface area contributed by atoms with E-state index >= 15 is 0 Å². The molecule has 0 aromatic heterocycles. The Morgan fingerprint density at radius 1 is 0.865 bits per heavy atom. The van der Waals surface area contributed by atoms with E-state index in [1.54, 1.807) is 13.8 Å². The molecule has 0 aliphatic carbocycles. The summed E-state index contributed by atoms with van der Waals surface area (Å²) in [5.74, 6) is -6.76. The molecule has 10 N–H and O–H groups in total. The average Bonchev–Trinajstić information content (AvgIpc) is 2.80. The van der Waals surface area contributed by atoms with E-state index in [-0.39, 0.29) is 25.0 Å². The summed E-state index contributed by atoms with van der Waals surface area (Å²) in [7, 11) is 0. The molecule has 4 unspecified atom stereocenters. The minimum atomic E-state index is -1.66. The largest absolute Gasteiger partial charge is 0.508 e. The molecular formula is C23H33N5O9. The topological polar surface area (TPSA) is 251 Å². The molecule has 204 valence electrons. The Morgan fingerprint density at radius 3 is 1.92 bits per heavy atom. The zero-order valence-corrected chi connectivity index (χ0v) is 20.5. The predicted octanol–water partition coefficient (Wildman–Crippen LogP) is -1.80. The lowest BCUT2D eigenvalue weighted by Crippen LogP contribution is -2.59. The Labute approximate surface area is 212 Å². The monoisotopic (exact) mass is 523 g/mol. The number of hydrogen-bond acceptors (Lipinski definition) is 8. The van der Waals surface area contributed by atoms with Gasteiger partial charge in [-0.05, 0) is 30.0 Å². The SMILES string of the molecule is CC(C)C(NC(=O)C(N)CCC(N)=O)C(=O)NC(CC(=O)O)C(=O)NC(Cc1ccc(O)cc1)C(=O)O. The summed E-state index contributed by atoms with van der Waals surface area (Å²) in [5.41, 5.74) is 11.2. The maximum Gasteiger partial charge on any atom is 0.326 e. The number of carbonyl (C=O) groups excluding carboxylic acids is 4. The fourth-order valence-electron chi connectivity index (χ4n) is 3.21. The lowest BCUT2D eigenvalue weighted by Gasteiger charge is -2.26. The van der Waals surface area contributed by atoms with Crippen molar-refractivity contribution >= 4 is 35.6 Å². The summed E-state index contributed by atoms with van der Waals surface area (Å²) in [6.45, 7) is 3.17. The van der Waals surface area contributed by atoms with Crippen LogP contribution < -0.4 is 27.4 Å². The van der Waals surface area contributed by atoms with Crippen molar-refractivity contribution in [2.75, 3.05) is 0 Å². The van der Waals surface area contributed by atoms with Crippen molar-refractivity contribution < 1.29 is 44.1 Å². The van der Waals surface area contributed by atoms with Gasteiger partial charge in [-0.3, -0.25) is 24.0 Å². The van der Waals surface area contributed by atoms with Crippen LogP contribution in [0.5, 0.6) is 5.75 Å². The van der Waals surface area contributed by atoms with Gasteiger partial charge < -0.3 is 42.7 Å². The highest BCUT2D eigenvalue weighted by Gasteiger charge is 2.33. The molecule has 4 atom stereocenters. The molecule has 0 bridgehead atoms. The highest BCUT2D eigenvalue weighted by molar-refractivity contribution is 5.95. The Hall–Kier alpha value is -4.20. The van der Waals surface area contributed by atoms with Crippen LogP contribution in [0.2, 0.25) is 0 Å². The molecule has 4 amide bonds. The highest BCUT2D eigenvalue weighted by atomic mass is 16.4. The number of rotatable bonds is 15. The molecule has 1 aromatic carbocycles. The number of hydrogen-bond donors (Lipinski definition) is 8. The van der Waals surface area contributed by atoms with Gasteiger partial charge in [0.05, 0.1) is 12.5 Å². The van der Waals surface area contributed by atoms with Gasteiger partial charge in [0.1, 0.15) is 23.9 Å². The van der Waals surface area contributed by atoms with Crippen LogP contribution in [0.3, 0.4) is 0 Å². The van der Waals surface area contributed by atoms with Crippen LogP contribution in [0.15, 0.2) is 24.3 Å². The maximum absolute atomic E-state index is 12.9. The van der Waals surface area contributed by atoms with Gasteiger partial charge in [-0.1, -0.05) is 26.0 Å². The maximum atomic E-state index is 12.9. The van der Waals surface area contributed by atoms with Crippen LogP contribution in [-0.4, -0.2) is 75.1 Å². The summed E-state index contributed by atoms with van der Waals surface area (Å²) in [6.07, 6.45) is -1.25. The van der Waals surface area contributed by atoms with Gasteiger partial charge in [-0.2, -0.15) is 0 Å². The highest BCUT2D eigenvalue weighted by Crippen LogP contribution is 2.12. The van der Waals surface area contributed by atoms with Crippen LogP contribution in [0.1, 0.15) is 38.7 Å². The van der Waals surface area contributed by atoms with E-state index in [1.165, 1.54) is 24.3 Å². The van der Waals surface area contributed by atoms with Crippen LogP contribution in [0, 0.1) is 5.92 Å². The third-order valence-electron chi connectivity index (χ3n) is 5.29. The van der Waals surface area contributed by atoms with E-state index in [0.717, 1.165) is 0 Å².